The molecule has 0 N–H and O–H groups in total. The molecule has 0 spiro atoms. The van der Waals surface area contributed by atoms with Crippen molar-refractivity contribution in [1.82, 2.24) is 0 Å². The van der Waals surface area contributed by atoms with Gasteiger partial charge in [0.05, 0.1) is 0 Å². The molecule has 1 aliphatic heterocycles. The van der Waals surface area contributed by atoms with Gasteiger partial charge in [0, 0.05) is 18.4 Å². The average Bonchev–Trinajstić information content (AvgIpc) is 2.98. The summed E-state index contributed by atoms with van der Waals surface area (Å²) in [6.07, 6.45) is 1.30. The van der Waals surface area contributed by atoms with Crippen LogP contribution in [-0.4, -0.2) is 17.6 Å². The maximum absolute atomic E-state index is 12.3. The van der Waals surface area contributed by atoms with E-state index >= 15 is 0 Å². The molecule has 2 aromatic carbocycles. The molecule has 1 atom stereocenters. The van der Waals surface area contributed by atoms with Crippen molar-refractivity contribution in [2.24, 2.45) is 5.16 Å². The van der Waals surface area contributed by atoms with Crippen LogP contribution in [0.25, 0.3) is 0 Å². The molecular weight excluding hydrogens is 262 g/mol. The predicted octanol–water partition coefficient (Wildman–Crippen LogP) is 3.57. The van der Waals surface area contributed by atoms with Crippen LogP contribution < -0.4 is 0 Å². The molecule has 1 heterocycles. The summed E-state index contributed by atoms with van der Waals surface area (Å²) in [4.78, 5) is 17.7. The van der Waals surface area contributed by atoms with Crippen molar-refractivity contribution in [2.45, 2.75) is 25.9 Å². The molecule has 3 heteroatoms. The molecule has 0 saturated carbocycles. The smallest absolute Gasteiger partial charge is 0.210 e. The van der Waals surface area contributed by atoms with Crippen LogP contribution in [0.3, 0.4) is 0 Å². The van der Waals surface area contributed by atoms with Gasteiger partial charge in [-0.2, -0.15) is 0 Å². The second-order valence-corrected chi connectivity index (χ2v) is 5.35. The van der Waals surface area contributed by atoms with E-state index in [-0.39, 0.29) is 11.9 Å². The Balaban J connectivity index is 1.62. The fourth-order valence-corrected chi connectivity index (χ4v) is 2.42. The lowest BCUT2D eigenvalue weighted by atomic mass is 9.99. The number of hydrogen-bond donors (Lipinski definition) is 0. The zero-order chi connectivity index (χ0) is 14.7. The Hall–Kier alpha value is -2.42. The molecule has 3 rings (SSSR count). The van der Waals surface area contributed by atoms with Crippen LogP contribution in [0, 0.1) is 6.92 Å². The van der Waals surface area contributed by atoms with Crippen LogP contribution in [-0.2, 0) is 11.3 Å². The van der Waals surface area contributed by atoms with Crippen molar-refractivity contribution < 1.29 is 9.63 Å². The van der Waals surface area contributed by atoms with Crippen molar-refractivity contribution in [3.63, 3.8) is 0 Å². The maximum atomic E-state index is 12.3. The van der Waals surface area contributed by atoms with Gasteiger partial charge in [0.1, 0.15) is 11.8 Å². The zero-order valence-corrected chi connectivity index (χ0v) is 12.0. The number of rotatable bonds is 4. The molecule has 1 unspecified atom stereocenters. The molecule has 21 heavy (non-hydrogen) atoms. The van der Waals surface area contributed by atoms with Gasteiger partial charge in [-0.05, 0) is 12.5 Å². The van der Waals surface area contributed by atoms with E-state index in [2.05, 4.69) is 36.3 Å². The summed E-state index contributed by atoms with van der Waals surface area (Å²) in [5.41, 5.74) is 3.62. The fourth-order valence-electron chi connectivity index (χ4n) is 2.42. The number of benzene rings is 2. The Morgan fingerprint density at radius 2 is 1.86 bits per heavy atom. The lowest BCUT2D eigenvalue weighted by molar-refractivity contribution is 0.0858. The van der Waals surface area contributed by atoms with Gasteiger partial charge < -0.3 is 4.84 Å². The first-order valence-electron chi connectivity index (χ1n) is 7.10. The molecule has 0 fully saturated rings. The SMILES string of the molecule is Cc1ccc(CC2CC(C(=O)c3ccccc3)=NO2)cc1. The number of ketones is 1. The van der Waals surface area contributed by atoms with Gasteiger partial charge in [0.15, 0.2) is 0 Å². The van der Waals surface area contributed by atoms with Gasteiger partial charge >= 0.3 is 0 Å². The van der Waals surface area contributed by atoms with E-state index in [4.69, 9.17) is 4.84 Å². The highest BCUT2D eigenvalue weighted by atomic mass is 16.6. The van der Waals surface area contributed by atoms with Gasteiger partial charge in [0.25, 0.3) is 0 Å². The molecule has 0 amide bonds. The molecular formula is C18H17NO2. The minimum atomic E-state index is -0.0460. The number of carbonyl (C=O) groups is 1. The summed E-state index contributed by atoms with van der Waals surface area (Å²) in [5.74, 6) is -0.0398. The molecule has 0 aliphatic carbocycles. The molecule has 2 aromatic rings. The number of aryl methyl sites for hydroxylation is 1. The number of carbonyl (C=O) groups excluding carboxylic acids is 1. The van der Waals surface area contributed by atoms with Gasteiger partial charge in [0.2, 0.25) is 5.78 Å². The number of Topliss-reactive ketones (excluding diaryl/α,β-unsaturated/α-hetero) is 1. The Labute approximate surface area is 124 Å². The summed E-state index contributed by atoms with van der Waals surface area (Å²) < 4.78 is 0. The fraction of sp³-hybridized carbons (Fsp3) is 0.222. The summed E-state index contributed by atoms with van der Waals surface area (Å²) in [7, 11) is 0. The molecule has 3 nitrogen and oxygen atoms in total. The van der Waals surface area contributed by atoms with E-state index in [0.717, 1.165) is 6.42 Å². The van der Waals surface area contributed by atoms with E-state index in [9.17, 15) is 4.79 Å². The van der Waals surface area contributed by atoms with Gasteiger partial charge in [-0.3, -0.25) is 4.79 Å². The number of oxime groups is 1. The van der Waals surface area contributed by atoms with Crippen LogP contribution in [0.1, 0.15) is 27.9 Å². The molecule has 0 aromatic heterocycles. The Morgan fingerprint density at radius 3 is 2.57 bits per heavy atom. The normalized spacial score (nSPS) is 17.2. The van der Waals surface area contributed by atoms with Crippen molar-refractivity contribution in [3.8, 4) is 0 Å². The second kappa shape index (κ2) is 5.92. The van der Waals surface area contributed by atoms with Crippen molar-refractivity contribution in [2.75, 3.05) is 0 Å². The van der Waals surface area contributed by atoms with Gasteiger partial charge in [-0.1, -0.05) is 65.3 Å². The quantitative estimate of drug-likeness (QED) is 0.803. The van der Waals surface area contributed by atoms with E-state index in [1.807, 2.05) is 18.2 Å². The number of nitrogens with zero attached hydrogens (tertiary/aromatic N) is 1. The number of hydrogen-bond acceptors (Lipinski definition) is 3. The highest BCUT2D eigenvalue weighted by Gasteiger charge is 2.26. The second-order valence-electron chi connectivity index (χ2n) is 5.35. The predicted molar refractivity (Wildman–Crippen MR) is 82.6 cm³/mol. The van der Waals surface area contributed by atoms with Crippen LogP contribution in [0.5, 0.6) is 0 Å². The highest BCUT2D eigenvalue weighted by molar-refractivity contribution is 6.46. The van der Waals surface area contributed by atoms with Crippen LogP contribution in [0.4, 0.5) is 0 Å². The first-order valence-corrected chi connectivity index (χ1v) is 7.10. The average molecular weight is 279 g/mol. The van der Waals surface area contributed by atoms with Crippen LogP contribution in [0.2, 0.25) is 0 Å². The lowest BCUT2D eigenvalue weighted by Gasteiger charge is -2.08. The third kappa shape index (κ3) is 3.19. The van der Waals surface area contributed by atoms with Crippen LogP contribution in [0.15, 0.2) is 59.8 Å². The molecule has 106 valence electrons. The summed E-state index contributed by atoms with van der Waals surface area (Å²) >= 11 is 0. The van der Waals surface area contributed by atoms with Crippen molar-refractivity contribution >= 4 is 11.5 Å². The Kier molecular flexibility index (Phi) is 3.82. The molecule has 0 bridgehead atoms. The minimum Gasteiger partial charge on any atom is -0.391 e. The monoisotopic (exact) mass is 279 g/mol. The molecule has 1 aliphatic rings. The van der Waals surface area contributed by atoms with E-state index in [1.165, 1.54) is 11.1 Å². The first-order chi connectivity index (χ1) is 10.2. The molecule has 0 radical (unpaired) electrons. The van der Waals surface area contributed by atoms with Gasteiger partial charge in [-0.25, -0.2) is 0 Å². The van der Waals surface area contributed by atoms with E-state index in [1.54, 1.807) is 12.1 Å². The first kappa shape index (κ1) is 13.6. The van der Waals surface area contributed by atoms with Crippen molar-refractivity contribution in [3.05, 3.63) is 71.3 Å². The highest BCUT2D eigenvalue weighted by Crippen LogP contribution is 2.18. The summed E-state index contributed by atoms with van der Waals surface area (Å²) in [6.45, 7) is 2.07. The van der Waals surface area contributed by atoms with Crippen molar-refractivity contribution in [1.29, 1.82) is 0 Å². The third-order valence-corrected chi connectivity index (χ3v) is 3.62. The largest absolute Gasteiger partial charge is 0.391 e. The summed E-state index contributed by atoms with van der Waals surface area (Å²) in [6, 6.07) is 17.6. The van der Waals surface area contributed by atoms with Crippen LogP contribution >= 0.6 is 0 Å². The standard InChI is InChI=1S/C18H17NO2/c1-13-7-9-14(10-8-13)11-16-12-17(19-21-16)18(20)15-5-3-2-4-6-15/h2-10,16H,11-12H2,1H3. The molecule has 0 saturated heterocycles. The van der Waals surface area contributed by atoms with E-state index < -0.39 is 0 Å². The zero-order valence-electron chi connectivity index (χ0n) is 12.0. The Morgan fingerprint density at radius 1 is 1.14 bits per heavy atom. The Bertz CT molecular complexity index is 659. The topological polar surface area (TPSA) is 38.7 Å². The summed E-state index contributed by atoms with van der Waals surface area (Å²) in [5, 5.41) is 3.97. The lowest BCUT2D eigenvalue weighted by Crippen LogP contribution is -2.17. The minimum absolute atomic E-state index is 0.0398. The van der Waals surface area contributed by atoms with E-state index in [0.29, 0.717) is 17.7 Å². The third-order valence-electron chi connectivity index (χ3n) is 3.62. The van der Waals surface area contributed by atoms with Gasteiger partial charge in [-0.15, -0.1) is 0 Å². The maximum Gasteiger partial charge on any atom is 0.210 e.